The average Bonchev–Trinajstić information content (AvgIpc) is 3.18. The molecule has 2 saturated heterocycles. The van der Waals surface area contributed by atoms with Crippen LogP contribution in [-0.4, -0.2) is 46.8 Å². The van der Waals surface area contributed by atoms with Crippen LogP contribution in [0.15, 0.2) is 34.7 Å². The van der Waals surface area contributed by atoms with Crippen molar-refractivity contribution in [2.45, 2.75) is 44.7 Å². The second kappa shape index (κ2) is 6.40. The molecule has 2 aliphatic heterocycles. The number of carbonyl (C=O) groups is 3. The molecule has 0 spiro atoms. The van der Waals surface area contributed by atoms with E-state index >= 15 is 0 Å². The average molecular weight is 369 g/mol. The molecule has 2 aliphatic rings. The summed E-state index contributed by atoms with van der Waals surface area (Å²) >= 11 is 0. The summed E-state index contributed by atoms with van der Waals surface area (Å²) in [7, 11) is 0. The number of urea groups is 1. The number of likely N-dealkylation sites (tertiary alicyclic amines) is 1. The minimum absolute atomic E-state index is 0.133. The van der Waals surface area contributed by atoms with Gasteiger partial charge < -0.3 is 14.6 Å². The van der Waals surface area contributed by atoms with E-state index < -0.39 is 17.5 Å². The number of para-hydroxylation sites is 1. The molecule has 2 fully saturated rings. The third kappa shape index (κ3) is 2.87. The van der Waals surface area contributed by atoms with E-state index in [9.17, 15) is 14.4 Å². The van der Waals surface area contributed by atoms with Gasteiger partial charge in [0, 0.05) is 18.0 Å². The van der Waals surface area contributed by atoms with Crippen LogP contribution in [0.2, 0.25) is 0 Å². The van der Waals surface area contributed by atoms with Gasteiger partial charge in [0.05, 0.1) is 0 Å². The van der Waals surface area contributed by atoms with Crippen LogP contribution in [0.3, 0.4) is 0 Å². The molecule has 0 unspecified atom stereocenters. The summed E-state index contributed by atoms with van der Waals surface area (Å²) in [4.78, 5) is 40.9. The van der Waals surface area contributed by atoms with Gasteiger partial charge in [0.1, 0.15) is 17.9 Å². The number of nitrogens with one attached hydrogen (secondary N) is 1. The van der Waals surface area contributed by atoms with Gasteiger partial charge in [-0.1, -0.05) is 18.2 Å². The minimum atomic E-state index is -1.32. The molecular formula is C20H23N3O4. The maximum atomic E-state index is 13.0. The van der Waals surface area contributed by atoms with Crippen LogP contribution >= 0.6 is 0 Å². The highest BCUT2D eigenvalue weighted by Crippen LogP contribution is 2.33. The number of rotatable bonds is 3. The molecule has 27 heavy (non-hydrogen) atoms. The quantitative estimate of drug-likeness (QED) is 0.843. The van der Waals surface area contributed by atoms with E-state index in [-0.39, 0.29) is 18.5 Å². The molecule has 4 amide bonds. The highest BCUT2D eigenvalue weighted by molar-refractivity contribution is 6.09. The van der Waals surface area contributed by atoms with E-state index in [1.807, 2.05) is 31.2 Å². The molecular weight excluding hydrogens is 346 g/mol. The number of piperidine rings is 1. The number of furan rings is 1. The Bertz CT molecular complexity index is 888. The van der Waals surface area contributed by atoms with Gasteiger partial charge in [-0.25, -0.2) is 4.79 Å². The molecule has 0 radical (unpaired) electrons. The summed E-state index contributed by atoms with van der Waals surface area (Å²) < 4.78 is 5.80. The number of nitrogens with zero attached hydrogens (tertiary/aromatic N) is 2. The van der Waals surface area contributed by atoms with E-state index in [1.165, 1.54) is 0 Å². The lowest BCUT2D eigenvalue weighted by atomic mass is 9.98. The van der Waals surface area contributed by atoms with Gasteiger partial charge in [-0.05, 0) is 45.2 Å². The lowest BCUT2D eigenvalue weighted by molar-refractivity contribution is -0.141. The van der Waals surface area contributed by atoms with Crippen molar-refractivity contribution in [2.75, 3.05) is 13.1 Å². The molecule has 1 N–H and O–H groups in total. The number of benzene rings is 1. The summed E-state index contributed by atoms with van der Waals surface area (Å²) in [6, 6.07) is 8.73. The largest absolute Gasteiger partial charge is 0.458 e. The molecule has 2 atom stereocenters. The Kier molecular flexibility index (Phi) is 4.17. The zero-order valence-corrected chi connectivity index (χ0v) is 15.5. The third-order valence-electron chi connectivity index (χ3n) is 5.61. The fourth-order valence-electron chi connectivity index (χ4n) is 3.93. The fraction of sp³-hybridized carbons (Fsp3) is 0.450. The van der Waals surface area contributed by atoms with Crippen molar-refractivity contribution in [1.29, 1.82) is 0 Å². The van der Waals surface area contributed by atoms with Gasteiger partial charge in [-0.3, -0.25) is 14.5 Å². The van der Waals surface area contributed by atoms with Gasteiger partial charge in [0.2, 0.25) is 5.91 Å². The number of carbonyl (C=O) groups excluding carboxylic acids is 3. The van der Waals surface area contributed by atoms with Crippen molar-refractivity contribution >= 4 is 28.8 Å². The summed E-state index contributed by atoms with van der Waals surface area (Å²) in [6.45, 7) is 4.04. The topological polar surface area (TPSA) is 82.9 Å². The van der Waals surface area contributed by atoms with Crippen LogP contribution in [0.25, 0.3) is 11.0 Å². The van der Waals surface area contributed by atoms with Gasteiger partial charge in [0.25, 0.3) is 5.91 Å². The Morgan fingerprint density at radius 3 is 2.81 bits per heavy atom. The predicted octanol–water partition coefficient (Wildman–Crippen LogP) is 2.60. The van der Waals surface area contributed by atoms with Crippen molar-refractivity contribution in [3.63, 3.8) is 0 Å². The van der Waals surface area contributed by atoms with E-state index in [0.29, 0.717) is 17.9 Å². The number of fused-ring (bicyclic) bond motifs is 1. The highest BCUT2D eigenvalue weighted by Gasteiger charge is 2.52. The fourth-order valence-corrected chi connectivity index (χ4v) is 3.93. The van der Waals surface area contributed by atoms with Gasteiger partial charge >= 0.3 is 6.03 Å². The Morgan fingerprint density at radius 1 is 1.30 bits per heavy atom. The van der Waals surface area contributed by atoms with Crippen LogP contribution < -0.4 is 5.32 Å². The third-order valence-corrected chi connectivity index (χ3v) is 5.61. The zero-order valence-electron chi connectivity index (χ0n) is 15.5. The molecule has 7 nitrogen and oxygen atoms in total. The maximum Gasteiger partial charge on any atom is 0.325 e. The molecule has 2 aromatic rings. The molecule has 4 rings (SSSR count). The van der Waals surface area contributed by atoms with Crippen molar-refractivity contribution in [3.05, 3.63) is 36.1 Å². The molecule has 3 heterocycles. The van der Waals surface area contributed by atoms with Crippen LogP contribution in [-0.2, 0) is 15.1 Å². The number of imide groups is 1. The summed E-state index contributed by atoms with van der Waals surface area (Å²) in [5, 5.41) is 3.55. The van der Waals surface area contributed by atoms with Gasteiger partial charge in [-0.2, -0.15) is 0 Å². The Morgan fingerprint density at radius 2 is 2.07 bits per heavy atom. The summed E-state index contributed by atoms with van der Waals surface area (Å²) in [5.41, 5.74) is -0.670. The molecule has 142 valence electrons. The first-order chi connectivity index (χ1) is 12.9. The standard InChI is InChI=1S/C20H23N3O4/c1-13-7-5-6-10-22(13)17(24)12-23-18(25)20(2,21-19(23)26)16-11-14-8-3-4-9-15(14)27-16/h3-4,8-9,11,13H,5-7,10,12H2,1-2H3,(H,21,26)/t13-,20-/m0/s1. The Balaban J connectivity index is 1.56. The first kappa shape index (κ1) is 17.6. The number of hydrogen-bond donors (Lipinski definition) is 1. The first-order valence-corrected chi connectivity index (χ1v) is 9.33. The zero-order chi connectivity index (χ0) is 19.2. The lowest BCUT2D eigenvalue weighted by Gasteiger charge is -2.34. The monoisotopic (exact) mass is 369 g/mol. The molecule has 0 saturated carbocycles. The summed E-state index contributed by atoms with van der Waals surface area (Å²) in [5.74, 6) is -0.299. The Labute approximate surface area is 157 Å². The SMILES string of the molecule is C[C@H]1CCCCN1C(=O)CN1C(=O)N[C@@](C)(c2cc3ccccc3o2)C1=O. The van der Waals surface area contributed by atoms with Crippen molar-refractivity contribution in [2.24, 2.45) is 0 Å². The maximum absolute atomic E-state index is 13.0. The van der Waals surface area contributed by atoms with Crippen molar-refractivity contribution in [3.8, 4) is 0 Å². The number of amides is 4. The van der Waals surface area contributed by atoms with Crippen LogP contribution in [0, 0.1) is 0 Å². The smallest absolute Gasteiger partial charge is 0.325 e. The van der Waals surface area contributed by atoms with Gasteiger partial charge in [-0.15, -0.1) is 0 Å². The van der Waals surface area contributed by atoms with Crippen LogP contribution in [0.5, 0.6) is 0 Å². The lowest BCUT2D eigenvalue weighted by Crippen LogP contribution is -2.48. The van der Waals surface area contributed by atoms with E-state index in [4.69, 9.17) is 4.42 Å². The normalized spacial score (nSPS) is 25.9. The van der Waals surface area contributed by atoms with Crippen LogP contribution in [0.4, 0.5) is 4.79 Å². The number of hydrogen-bond acceptors (Lipinski definition) is 4. The molecule has 7 heteroatoms. The predicted molar refractivity (Wildman–Crippen MR) is 98.8 cm³/mol. The molecule has 0 bridgehead atoms. The first-order valence-electron chi connectivity index (χ1n) is 9.33. The summed E-state index contributed by atoms with van der Waals surface area (Å²) in [6.07, 6.45) is 2.99. The van der Waals surface area contributed by atoms with E-state index in [2.05, 4.69) is 5.32 Å². The van der Waals surface area contributed by atoms with E-state index in [0.717, 1.165) is 29.5 Å². The molecule has 0 aliphatic carbocycles. The van der Waals surface area contributed by atoms with Crippen LogP contribution in [0.1, 0.15) is 38.9 Å². The van der Waals surface area contributed by atoms with E-state index in [1.54, 1.807) is 17.9 Å². The van der Waals surface area contributed by atoms with Gasteiger partial charge in [0.15, 0.2) is 5.54 Å². The Hall–Kier alpha value is -2.83. The second-order valence-electron chi connectivity index (χ2n) is 7.53. The molecule has 1 aromatic heterocycles. The highest BCUT2D eigenvalue weighted by atomic mass is 16.3. The van der Waals surface area contributed by atoms with Crippen molar-refractivity contribution in [1.82, 2.24) is 15.1 Å². The minimum Gasteiger partial charge on any atom is -0.458 e. The molecule has 1 aromatic carbocycles. The van der Waals surface area contributed by atoms with Crippen molar-refractivity contribution < 1.29 is 18.8 Å². The second-order valence-corrected chi connectivity index (χ2v) is 7.53.